The molecule has 124 valence electrons. The number of rotatable bonds is 5. The van der Waals surface area contributed by atoms with Crippen molar-refractivity contribution in [3.8, 4) is 5.75 Å². The van der Waals surface area contributed by atoms with Crippen molar-refractivity contribution >= 4 is 17.6 Å². The normalized spacial score (nSPS) is 20.0. The highest BCUT2D eigenvalue weighted by Crippen LogP contribution is 2.24. The van der Waals surface area contributed by atoms with E-state index in [0.29, 0.717) is 30.4 Å². The summed E-state index contributed by atoms with van der Waals surface area (Å²) in [7, 11) is 1.57. The van der Waals surface area contributed by atoms with Crippen molar-refractivity contribution in [3.05, 3.63) is 24.3 Å². The minimum atomic E-state index is -0.434. The van der Waals surface area contributed by atoms with Crippen molar-refractivity contribution in [3.63, 3.8) is 0 Å². The average molecular weight is 318 g/mol. The van der Waals surface area contributed by atoms with Gasteiger partial charge in [-0.05, 0) is 37.8 Å². The van der Waals surface area contributed by atoms with Crippen LogP contribution in [0.2, 0.25) is 0 Å². The van der Waals surface area contributed by atoms with E-state index < -0.39 is 6.04 Å². The van der Waals surface area contributed by atoms with E-state index in [2.05, 4.69) is 16.2 Å². The monoisotopic (exact) mass is 318 g/mol. The smallest absolute Gasteiger partial charge is 0.318 e. The van der Waals surface area contributed by atoms with E-state index in [9.17, 15) is 9.59 Å². The summed E-state index contributed by atoms with van der Waals surface area (Å²) in [6.07, 6.45) is 3.58. The van der Waals surface area contributed by atoms with Crippen LogP contribution in [-0.2, 0) is 4.79 Å². The van der Waals surface area contributed by atoms with Gasteiger partial charge in [0.2, 0.25) is 0 Å². The molecular formula is C16H22N4O3. The standard InChI is InChI=1S/C16H22N4O3/c1-23-14-7-3-2-5-12(14)18-19-15(21)13-6-4-10-20(13)16(22)17-11-8-9-11/h2-3,5,7,11,13,18H,4,6,8-10H2,1H3,(H,17,22)(H,19,21). The molecule has 3 rings (SSSR count). The van der Waals surface area contributed by atoms with Gasteiger partial charge in [-0.2, -0.15) is 0 Å². The number of urea groups is 1. The molecule has 0 aromatic heterocycles. The maximum Gasteiger partial charge on any atom is 0.318 e. The zero-order valence-electron chi connectivity index (χ0n) is 13.2. The first-order valence-electron chi connectivity index (χ1n) is 7.95. The number of amides is 3. The second-order valence-corrected chi connectivity index (χ2v) is 5.89. The molecule has 1 aliphatic heterocycles. The van der Waals surface area contributed by atoms with E-state index >= 15 is 0 Å². The molecule has 2 aliphatic rings. The first kappa shape index (κ1) is 15.5. The van der Waals surface area contributed by atoms with Crippen molar-refractivity contribution < 1.29 is 14.3 Å². The molecule has 2 fully saturated rings. The lowest BCUT2D eigenvalue weighted by Gasteiger charge is -2.24. The number of methoxy groups -OCH3 is 1. The molecule has 0 bridgehead atoms. The Bertz CT molecular complexity index is 588. The number of carbonyl (C=O) groups is 2. The van der Waals surface area contributed by atoms with E-state index in [0.717, 1.165) is 19.3 Å². The van der Waals surface area contributed by atoms with Crippen LogP contribution in [0.4, 0.5) is 10.5 Å². The second-order valence-electron chi connectivity index (χ2n) is 5.89. The summed E-state index contributed by atoms with van der Waals surface area (Å²) < 4.78 is 5.22. The molecule has 7 nitrogen and oxygen atoms in total. The first-order chi connectivity index (χ1) is 11.2. The fraction of sp³-hybridized carbons (Fsp3) is 0.500. The van der Waals surface area contributed by atoms with E-state index in [1.54, 1.807) is 18.1 Å². The summed E-state index contributed by atoms with van der Waals surface area (Å²) in [6, 6.07) is 7.04. The lowest BCUT2D eigenvalue weighted by atomic mass is 10.2. The largest absolute Gasteiger partial charge is 0.495 e. The van der Waals surface area contributed by atoms with Crippen molar-refractivity contribution in [2.75, 3.05) is 19.1 Å². The molecule has 7 heteroatoms. The van der Waals surface area contributed by atoms with Gasteiger partial charge in [-0.15, -0.1) is 0 Å². The Balaban J connectivity index is 1.57. The maximum absolute atomic E-state index is 12.4. The molecule has 1 aromatic rings. The quantitative estimate of drug-likeness (QED) is 0.718. The van der Waals surface area contributed by atoms with Gasteiger partial charge in [-0.25, -0.2) is 4.79 Å². The average Bonchev–Trinajstić information content (AvgIpc) is 3.24. The van der Waals surface area contributed by atoms with Crippen LogP contribution in [0.1, 0.15) is 25.7 Å². The number of hydrogen-bond acceptors (Lipinski definition) is 4. The number of hydrazine groups is 1. The minimum Gasteiger partial charge on any atom is -0.495 e. The molecule has 1 aromatic carbocycles. The predicted octanol–water partition coefficient (Wildman–Crippen LogP) is 1.47. The van der Waals surface area contributed by atoms with Crippen LogP contribution in [0.15, 0.2) is 24.3 Å². The van der Waals surface area contributed by atoms with Crippen LogP contribution in [0.5, 0.6) is 5.75 Å². The highest BCUT2D eigenvalue weighted by atomic mass is 16.5. The fourth-order valence-corrected chi connectivity index (χ4v) is 2.73. The minimum absolute atomic E-state index is 0.137. The van der Waals surface area contributed by atoms with Gasteiger partial charge >= 0.3 is 6.03 Å². The van der Waals surface area contributed by atoms with Gasteiger partial charge in [-0.3, -0.25) is 15.6 Å². The molecule has 1 saturated heterocycles. The highest BCUT2D eigenvalue weighted by Gasteiger charge is 2.36. The summed E-state index contributed by atoms with van der Waals surface area (Å²) in [5.74, 6) is 0.432. The van der Waals surface area contributed by atoms with Crippen LogP contribution in [-0.4, -0.2) is 42.6 Å². The van der Waals surface area contributed by atoms with Gasteiger partial charge in [0.05, 0.1) is 12.8 Å². The van der Waals surface area contributed by atoms with Crippen LogP contribution in [0.25, 0.3) is 0 Å². The Morgan fingerprint density at radius 3 is 2.74 bits per heavy atom. The van der Waals surface area contributed by atoms with E-state index in [-0.39, 0.29) is 11.9 Å². The number of likely N-dealkylation sites (tertiary alicyclic amines) is 1. The highest BCUT2D eigenvalue weighted by molar-refractivity contribution is 5.88. The first-order valence-corrected chi connectivity index (χ1v) is 7.95. The summed E-state index contributed by atoms with van der Waals surface area (Å²) >= 11 is 0. The van der Waals surface area contributed by atoms with E-state index in [1.807, 2.05) is 18.2 Å². The predicted molar refractivity (Wildman–Crippen MR) is 86.0 cm³/mol. The number of ether oxygens (including phenoxy) is 1. The molecule has 0 spiro atoms. The van der Waals surface area contributed by atoms with Crippen LogP contribution < -0.4 is 20.9 Å². The number of benzene rings is 1. The van der Waals surface area contributed by atoms with Gasteiger partial charge in [0.15, 0.2) is 0 Å². The Kier molecular flexibility index (Phi) is 4.55. The third-order valence-corrected chi connectivity index (χ3v) is 4.15. The molecule has 1 heterocycles. The number of nitrogens with zero attached hydrogens (tertiary/aromatic N) is 1. The third-order valence-electron chi connectivity index (χ3n) is 4.15. The van der Waals surface area contributed by atoms with Crippen molar-refractivity contribution in [1.29, 1.82) is 0 Å². The second kappa shape index (κ2) is 6.76. The Morgan fingerprint density at radius 1 is 1.22 bits per heavy atom. The van der Waals surface area contributed by atoms with Crippen molar-refractivity contribution in [2.24, 2.45) is 0 Å². The zero-order valence-corrected chi connectivity index (χ0v) is 13.2. The van der Waals surface area contributed by atoms with Gasteiger partial charge in [0.25, 0.3) is 5.91 Å². The number of anilines is 1. The molecule has 1 saturated carbocycles. The molecule has 0 radical (unpaired) electrons. The molecule has 1 unspecified atom stereocenters. The number of para-hydroxylation sites is 2. The number of nitrogens with one attached hydrogen (secondary N) is 3. The summed E-state index contributed by atoms with van der Waals surface area (Å²) in [6.45, 7) is 0.616. The van der Waals surface area contributed by atoms with Crippen LogP contribution in [0.3, 0.4) is 0 Å². The molecular weight excluding hydrogens is 296 g/mol. The molecule has 3 amide bonds. The van der Waals surface area contributed by atoms with Gasteiger partial charge in [0.1, 0.15) is 11.8 Å². The van der Waals surface area contributed by atoms with Gasteiger partial charge in [0, 0.05) is 12.6 Å². The lowest BCUT2D eigenvalue weighted by molar-refractivity contribution is -0.124. The summed E-state index contributed by atoms with van der Waals surface area (Å²) in [5, 5.41) is 2.94. The fourth-order valence-electron chi connectivity index (χ4n) is 2.73. The zero-order chi connectivity index (χ0) is 16.2. The molecule has 1 atom stereocenters. The van der Waals surface area contributed by atoms with Gasteiger partial charge in [-0.1, -0.05) is 12.1 Å². The molecule has 23 heavy (non-hydrogen) atoms. The number of hydrogen-bond donors (Lipinski definition) is 3. The molecule has 3 N–H and O–H groups in total. The van der Waals surface area contributed by atoms with E-state index in [1.165, 1.54) is 0 Å². The topological polar surface area (TPSA) is 82.7 Å². The summed E-state index contributed by atoms with van der Waals surface area (Å²) in [5.41, 5.74) is 6.23. The lowest BCUT2D eigenvalue weighted by Crippen LogP contribution is -2.51. The third kappa shape index (κ3) is 3.67. The summed E-state index contributed by atoms with van der Waals surface area (Å²) in [4.78, 5) is 26.2. The maximum atomic E-state index is 12.4. The van der Waals surface area contributed by atoms with Crippen molar-refractivity contribution in [1.82, 2.24) is 15.6 Å². The Morgan fingerprint density at radius 2 is 2.00 bits per heavy atom. The van der Waals surface area contributed by atoms with Crippen LogP contribution >= 0.6 is 0 Å². The molecule has 1 aliphatic carbocycles. The van der Waals surface area contributed by atoms with Crippen molar-refractivity contribution in [2.45, 2.75) is 37.8 Å². The Hall–Kier alpha value is -2.44. The Labute approximate surface area is 135 Å². The number of carbonyl (C=O) groups excluding carboxylic acids is 2. The van der Waals surface area contributed by atoms with Gasteiger partial charge < -0.3 is 15.0 Å². The van der Waals surface area contributed by atoms with E-state index in [4.69, 9.17) is 4.74 Å². The SMILES string of the molecule is COc1ccccc1NNC(=O)C1CCCN1C(=O)NC1CC1. The van der Waals surface area contributed by atoms with Crippen LogP contribution in [0, 0.1) is 0 Å².